The maximum atomic E-state index is 12.1. The minimum Gasteiger partial charge on any atom is -0.481 e. The summed E-state index contributed by atoms with van der Waals surface area (Å²) < 4.78 is 0. The summed E-state index contributed by atoms with van der Waals surface area (Å²) in [5, 5.41) is 8.62. The Balaban J connectivity index is 0.00000576. The molecule has 3 N–H and O–H groups in total. The van der Waals surface area contributed by atoms with E-state index < -0.39 is 5.97 Å². The van der Waals surface area contributed by atoms with Crippen LogP contribution in [0.2, 0.25) is 0 Å². The van der Waals surface area contributed by atoms with Crippen molar-refractivity contribution in [3.05, 3.63) is 12.2 Å². The van der Waals surface area contributed by atoms with Gasteiger partial charge in [0.25, 0.3) is 0 Å². The highest BCUT2D eigenvalue weighted by Crippen LogP contribution is 2.34. The van der Waals surface area contributed by atoms with Crippen LogP contribution in [-0.2, 0) is 9.59 Å². The SMILES string of the molecule is Cl.NCCCCCCC=C[C@H]1CCC(=O)[C@@H]1CCCCCCC(=O)O. The molecule has 4 nitrogen and oxygen atoms in total. The monoisotopic (exact) mass is 373 g/mol. The first-order chi connectivity index (χ1) is 11.6. The molecule has 0 heterocycles. The van der Waals surface area contributed by atoms with Crippen molar-refractivity contribution in [1.82, 2.24) is 0 Å². The summed E-state index contributed by atoms with van der Waals surface area (Å²) in [5.74, 6) is 0.353. The number of ketones is 1. The summed E-state index contributed by atoms with van der Waals surface area (Å²) >= 11 is 0. The summed E-state index contributed by atoms with van der Waals surface area (Å²) in [6.45, 7) is 0.790. The average molecular weight is 374 g/mol. The third kappa shape index (κ3) is 11.4. The Kier molecular flexibility index (Phi) is 14.9. The molecule has 0 radical (unpaired) electrons. The molecule has 0 aromatic heterocycles. The number of carbonyl (C=O) groups excluding carboxylic acids is 1. The Labute approximate surface area is 159 Å². The van der Waals surface area contributed by atoms with Gasteiger partial charge in [-0.1, -0.05) is 44.3 Å². The van der Waals surface area contributed by atoms with Crippen LogP contribution in [0.4, 0.5) is 0 Å². The van der Waals surface area contributed by atoms with Gasteiger partial charge in [-0.05, 0) is 51.0 Å². The molecule has 1 saturated carbocycles. The molecule has 0 aliphatic heterocycles. The van der Waals surface area contributed by atoms with Gasteiger partial charge in [0.2, 0.25) is 0 Å². The van der Waals surface area contributed by atoms with Crippen molar-refractivity contribution in [2.45, 2.75) is 83.5 Å². The van der Waals surface area contributed by atoms with Crippen LogP contribution in [0.5, 0.6) is 0 Å². The van der Waals surface area contributed by atoms with Gasteiger partial charge in [-0.3, -0.25) is 9.59 Å². The van der Waals surface area contributed by atoms with Gasteiger partial charge in [0.15, 0.2) is 0 Å². The molecule has 146 valence electrons. The smallest absolute Gasteiger partial charge is 0.303 e. The number of carbonyl (C=O) groups is 2. The van der Waals surface area contributed by atoms with Gasteiger partial charge in [-0.25, -0.2) is 0 Å². The van der Waals surface area contributed by atoms with Gasteiger partial charge in [0.1, 0.15) is 5.78 Å². The Bertz CT molecular complexity index is 398. The topological polar surface area (TPSA) is 80.4 Å². The lowest BCUT2D eigenvalue weighted by atomic mass is 9.89. The van der Waals surface area contributed by atoms with Gasteiger partial charge in [0.05, 0.1) is 0 Å². The van der Waals surface area contributed by atoms with Crippen molar-refractivity contribution in [2.75, 3.05) is 6.54 Å². The zero-order valence-corrected chi connectivity index (χ0v) is 16.3. The fraction of sp³-hybridized carbons (Fsp3) is 0.800. The number of Topliss-reactive ketones (excluding diaryl/α,β-unsaturated/α-hetero) is 1. The number of allylic oxidation sites excluding steroid dienone is 2. The van der Waals surface area contributed by atoms with Crippen LogP contribution < -0.4 is 5.73 Å². The van der Waals surface area contributed by atoms with Crippen LogP contribution in [0, 0.1) is 11.8 Å². The first-order valence-corrected chi connectivity index (χ1v) is 9.76. The van der Waals surface area contributed by atoms with E-state index >= 15 is 0 Å². The highest BCUT2D eigenvalue weighted by molar-refractivity contribution is 5.85. The molecule has 0 aromatic carbocycles. The average Bonchev–Trinajstić information content (AvgIpc) is 2.90. The number of hydrogen-bond donors (Lipinski definition) is 2. The Morgan fingerprint density at radius 3 is 2.48 bits per heavy atom. The fourth-order valence-electron chi connectivity index (χ4n) is 3.56. The largest absolute Gasteiger partial charge is 0.481 e. The summed E-state index contributed by atoms with van der Waals surface area (Å²) in [7, 11) is 0. The second-order valence-corrected chi connectivity index (χ2v) is 7.04. The number of rotatable bonds is 14. The predicted molar refractivity (Wildman–Crippen MR) is 105 cm³/mol. The summed E-state index contributed by atoms with van der Waals surface area (Å²) in [6.07, 6.45) is 17.2. The van der Waals surface area contributed by atoms with E-state index in [9.17, 15) is 9.59 Å². The van der Waals surface area contributed by atoms with E-state index in [0.29, 0.717) is 11.7 Å². The van der Waals surface area contributed by atoms with E-state index in [2.05, 4.69) is 12.2 Å². The molecule has 2 atom stereocenters. The maximum Gasteiger partial charge on any atom is 0.303 e. The summed E-state index contributed by atoms with van der Waals surface area (Å²) in [6, 6.07) is 0. The molecule has 0 aromatic rings. The lowest BCUT2D eigenvalue weighted by Crippen LogP contribution is -2.13. The number of carboxylic acids is 1. The molecule has 0 unspecified atom stereocenters. The normalized spacial score (nSPS) is 20.1. The molecular formula is C20H36ClNO3. The van der Waals surface area contributed by atoms with Gasteiger partial charge in [0, 0.05) is 18.8 Å². The lowest BCUT2D eigenvalue weighted by Gasteiger charge is -2.14. The van der Waals surface area contributed by atoms with Crippen LogP contribution >= 0.6 is 12.4 Å². The van der Waals surface area contributed by atoms with Gasteiger partial charge < -0.3 is 10.8 Å². The third-order valence-electron chi connectivity index (χ3n) is 5.02. The Morgan fingerprint density at radius 2 is 1.76 bits per heavy atom. The van der Waals surface area contributed by atoms with Crippen molar-refractivity contribution in [2.24, 2.45) is 17.6 Å². The van der Waals surface area contributed by atoms with Gasteiger partial charge >= 0.3 is 5.97 Å². The number of unbranched alkanes of at least 4 members (excludes halogenated alkanes) is 7. The molecule has 1 aliphatic carbocycles. The first kappa shape index (κ1) is 24.1. The number of carboxylic acid groups (broad SMARTS) is 1. The van der Waals surface area contributed by atoms with Crippen molar-refractivity contribution < 1.29 is 14.7 Å². The number of aliphatic carboxylic acids is 1. The van der Waals surface area contributed by atoms with E-state index in [0.717, 1.165) is 64.3 Å². The molecule has 0 bridgehead atoms. The minimum atomic E-state index is -0.714. The molecular weight excluding hydrogens is 338 g/mol. The molecule has 5 heteroatoms. The van der Waals surface area contributed by atoms with Gasteiger partial charge in [-0.15, -0.1) is 12.4 Å². The van der Waals surface area contributed by atoms with Crippen molar-refractivity contribution >= 4 is 24.2 Å². The standard InChI is InChI=1S/C20H35NO3.ClH/c21-16-10-6-2-1-3-7-11-17-14-15-19(22)18(17)12-8-4-5-9-13-20(23)24;/h7,11,17-18H,1-6,8-10,12-16,21H2,(H,23,24);1H/t17-,18+;/m0./s1. The van der Waals surface area contributed by atoms with E-state index in [1.807, 2.05) is 0 Å². The first-order valence-electron chi connectivity index (χ1n) is 9.76. The van der Waals surface area contributed by atoms with Crippen molar-refractivity contribution in [1.29, 1.82) is 0 Å². The molecule has 1 aliphatic rings. The quantitative estimate of drug-likeness (QED) is 0.335. The van der Waals surface area contributed by atoms with Crippen LogP contribution in [0.3, 0.4) is 0 Å². The van der Waals surface area contributed by atoms with Crippen LogP contribution in [0.25, 0.3) is 0 Å². The van der Waals surface area contributed by atoms with E-state index in [4.69, 9.17) is 10.8 Å². The lowest BCUT2D eigenvalue weighted by molar-refractivity contribution is -0.137. The fourth-order valence-corrected chi connectivity index (χ4v) is 3.56. The molecule has 25 heavy (non-hydrogen) atoms. The van der Waals surface area contributed by atoms with E-state index in [-0.39, 0.29) is 24.7 Å². The molecule has 0 spiro atoms. The van der Waals surface area contributed by atoms with E-state index in [1.165, 1.54) is 19.3 Å². The second-order valence-electron chi connectivity index (χ2n) is 7.04. The third-order valence-corrected chi connectivity index (χ3v) is 5.02. The van der Waals surface area contributed by atoms with Crippen LogP contribution in [-0.4, -0.2) is 23.4 Å². The minimum absolute atomic E-state index is 0. The molecule has 0 saturated heterocycles. The molecule has 1 rings (SSSR count). The van der Waals surface area contributed by atoms with Crippen LogP contribution in [0.1, 0.15) is 83.5 Å². The Hall–Kier alpha value is -0.870. The zero-order chi connectivity index (χ0) is 17.6. The molecule has 0 amide bonds. The highest BCUT2D eigenvalue weighted by Gasteiger charge is 2.31. The maximum absolute atomic E-state index is 12.1. The van der Waals surface area contributed by atoms with Crippen molar-refractivity contribution in [3.8, 4) is 0 Å². The predicted octanol–water partition coefficient (Wildman–Crippen LogP) is 4.89. The second kappa shape index (κ2) is 15.4. The van der Waals surface area contributed by atoms with Crippen LogP contribution in [0.15, 0.2) is 12.2 Å². The number of hydrogen-bond acceptors (Lipinski definition) is 3. The highest BCUT2D eigenvalue weighted by atomic mass is 35.5. The van der Waals surface area contributed by atoms with E-state index in [1.54, 1.807) is 0 Å². The zero-order valence-electron chi connectivity index (χ0n) is 15.5. The van der Waals surface area contributed by atoms with Crippen molar-refractivity contribution in [3.63, 3.8) is 0 Å². The Morgan fingerprint density at radius 1 is 1.08 bits per heavy atom. The van der Waals surface area contributed by atoms with Gasteiger partial charge in [-0.2, -0.15) is 0 Å². The number of nitrogens with two attached hydrogens (primary N) is 1. The number of halogens is 1. The molecule has 1 fully saturated rings. The summed E-state index contributed by atoms with van der Waals surface area (Å²) in [4.78, 5) is 22.5. The summed E-state index contributed by atoms with van der Waals surface area (Å²) in [5.41, 5.74) is 5.49.